The largest absolute Gasteiger partial charge is 0.325 e. The number of hydrogen-bond donors (Lipinski definition) is 2. The lowest BCUT2D eigenvalue weighted by atomic mass is 10.2. The summed E-state index contributed by atoms with van der Waals surface area (Å²) in [6, 6.07) is 5.83. The molecule has 1 aliphatic rings. The van der Waals surface area contributed by atoms with Crippen LogP contribution < -0.4 is 10.6 Å². The minimum absolute atomic E-state index is 0.0506. The van der Waals surface area contributed by atoms with E-state index < -0.39 is 0 Å². The second-order valence-electron chi connectivity index (χ2n) is 4.09. The van der Waals surface area contributed by atoms with E-state index in [2.05, 4.69) is 26.6 Å². The predicted molar refractivity (Wildman–Crippen MR) is 76.6 cm³/mol. The van der Waals surface area contributed by atoms with Crippen LogP contribution in [0.5, 0.6) is 0 Å². The first-order valence-electron chi connectivity index (χ1n) is 5.54. The average Bonchev–Trinajstić information content (AvgIpc) is 2.28. The normalized spacial score (nSPS) is 20.0. The van der Waals surface area contributed by atoms with Gasteiger partial charge in [-0.2, -0.15) is 11.8 Å². The number of carbonyl (C=O) groups excluding carboxylic acids is 1. The van der Waals surface area contributed by atoms with E-state index in [1.165, 1.54) is 0 Å². The third-order valence-corrected chi connectivity index (χ3v) is 4.07. The van der Waals surface area contributed by atoms with Crippen molar-refractivity contribution in [3.63, 3.8) is 0 Å². The first kappa shape index (κ1) is 12.9. The number of hydrogen-bond acceptors (Lipinski definition) is 3. The highest BCUT2D eigenvalue weighted by molar-refractivity contribution is 9.10. The summed E-state index contributed by atoms with van der Waals surface area (Å²) in [5, 5.41) is 6.17. The zero-order chi connectivity index (χ0) is 12.3. The van der Waals surface area contributed by atoms with Crippen LogP contribution in [0, 0.1) is 6.92 Å². The molecule has 92 valence electrons. The van der Waals surface area contributed by atoms with Gasteiger partial charge in [0.1, 0.15) is 0 Å². The number of amides is 1. The van der Waals surface area contributed by atoms with E-state index >= 15 is 0 Å². The lowest BCUT2D eigenvalue weighted by Crippen LogP contribution is -2.46. The third kappa shape index (κ3) is 3.72. The maximum absolute atomic E-state index is 12.0. The molecule has 0 radical (unpaired) electrons. The summed E-state index contributed by atoms with van der Waals surface area (Å²) in [4.78, 5) is 12.0. The highest BCUT2D eigenvalue weighted by Crippen LogP contribution is 2.19. The van der Waals surface area contributed by atoms with Crippen molar-refractivity contribution in [2.75, 3.05) is 23.4 Å². The van der Waals surface area contributed by atoms with E-state index in [1.807, 2.05) is 36.9 Å². The first-order chi connectivity index (χ1) is 8.15. The van der Waals surface area contributed by atoms with Crippen LogP contribution in [-0.2, 0) is 4.79 Å². The summed E-state index contributed by atoms with van der Waals surface area (Å²) in [5.41, 5.74) is 1.97. The molecule has 1 atom stereocenters. The van der Waals surface area contributed by atoms with Crippen molar-refractivity contribution in [3.05, 3.63) is 28.2 Å². The molecule has 0 saturated carbocycles. The lowest BCUT2D eigenvalue weighted by molar-refractivity contribution is -0.117. The maximum atomic E-state index is 12.0. The standard InChI is InChI=1S/C12H15BrN2OS/c1-8-4-9(13)6-10(5-8)15-12(16)11-7-17-3-2-14-11/h4-6,11,14H,2-3,7H2,1H3,(H,15,16). The molecule has 1 amide bonds. The monoisotopic (exact) mass is 314 g/mol. The molecule has 1 aliphatic heterocycles. The lowest BCUT2D eigenvalue weighted by Gasteiger charge is -2.22. The van der Waals surface area contributed by atoms with E-state index in [-0.39, 0.29) is 11.9 Å². The molecule has 1 aromatic carbocycles. The van der Waals surface area contributed by atoms with Crippen molar-refractivity contribution >= 4 is 39.3 Å². The molecule has 1 saturated heterocycles. The number of benzene rings is 1. The van der Waals surface area contributed by atoms with E-state index in [4.69, 9.17) is 0 Å². The zero-order valence-electron chi connectivity index (χ0n) is 9.63. The Labute approximate surface area is 114 Å². The quantitative estimate of drug-likeness (QED) is 0.880. The Hall–Kier alpha value is -0.520. The van der Waals surface area contributed by atoms with Crippen molar-refractivity contribution in [2.45, 2.75) is 13.0 Å². The van der Waals surface area contributed by atoms with Gasteiger partial charge in [-0.15, -0.1) is 0 Å². The molecule has 2 rings (SSSR count). The summed E-state index contributed by atoms with van der Waals surface area (Å²) in [6.07, 6.45) is 0. The van der Waals surface area contributed by atoms with Crippen LogP contribution in [0.2, 0.25) is 0 Å². The molecule has 0 spiro atoms. The average molecular weight is 315 g/mol. The van der Waals surface area contributed by atoms with Crippen LogP contribution in [0.15, 0.2) is 22.7 Å². The summed E-state index contributed by atoms with van der Waals surface area (Å²) < 4.78 is 0.985. The summed E-state index contributed by atoms with van der Waals surface area (Å²) >= 11 is 5.24. The van der Waals surface area contributed by atoms with Gasteiger partial charge in [0.05, 0.1) is 6.04 Å². The number of rotatable bonds is 2. The third-order valence-electron chi connectivity index (χ3n) is 2.55. The Balaban J connectivity index is 2.01. The Morgan fingerprint density at radius 3 is 3.00 bits per heavy atom. The fraction of sp³-hybridized carbons (Fsp3) is 0.417. The van der Waals surface area contributed by atoms with Crippen molar-refractivity contribution in [1.29, 1.82) is 0 Å². The van der Waals surface area contributed by atoms with E-state index in [1.54, 1.807) is 0 Å². The summed E-state index contributed by atoms with van der Waals surface area (Å²) in [7, 11) is 0. The van der Waals surface area contributed by atoms with Crippen LogP contribution >= 0.6 is 27.7 Å². The summed E-state index contributed by atoms with van der Waals surface area (Å²) in [6.45, 7) is 2.91. The van der Waals surface area contributed by atoms with Crippen LogP contribution in [0.25, 0.3) is 0 Å². The maximum Gasteiger partial charge on any atom is 0.242 e. The van der Waals surface area contributed by atoms with Crippen molar-refractivity contribution < 1.29 is 4.79 Å². The number of anilines is 1. The molecular formula is C12H15BrN2OS. The van der Waals surface area contributed by atoms with Crippen LogP contribution in [0.1, 0.15) is 5.56 Å². The second kappa shape index (κ2) is 5.89. The second-order valence-corrected chi connectivity index (χ2v) is 6.15. The minimum Gasteiger partial charge on any atom is -0.325 e. The predicted octanol–water partition coefficient (Wildman–Crippen LogP) is 2.40. The molecule has 1 heterocycles. The SMILES string of the molecule is Cc1cc(Br)cc(NC(=O)C2CSCCN2)c1. The zero-order valence-corrected chi connectivity index (χ0v) is 12.0. The molecular weight excluding hydrogens is 300 g/mol. The highest BCUT2D eigenvalue weighted by Gasteiger charge is 2.20. The van der Waals surface area contributed by atoms with Gasteiger partial charge in [-0.1, -0.05) is 15.9 Å². The van der Waals surface area contributed by atoms with Crippen LogP contribution in [0.3, 0.4) is 0 Å². The molecule has 1 aromatic rings. The molecule has 1 fully saturated rings. The van der Waals surface area contributed by atoms with Gasteiger partial charge in [-0.05, 0) is 30.7 Å². The minimum atomic E-state index is -0.0759. The first-order valence-corrected chi connectivity index (χ1v) is 7.49. The smallest absolute Gasteiger partial charge is 0.242 e. The van der Waals surface area contributed by atoms with Gasteiger partial charge in [0.2, 0.25) is 5.91 Å². The molecule has 0 aromatic heterocycles. The molecule has 3 nitrogen and oxygen atoms in total. The van der Waals surface area contributed by atoms with Crippen molar-refractivity contribution in [3.8, 4) is 0 Å². The molecule has 5 heteroatoms. The van der Waals surface area contributed by atoms with E-state index in [9.17, 15) is 4.79 Å². The van der Waals surface area contributed by atoms with Gasteiger partial charge < -0.3 is 10.6 Å². The fourth-order valence-corrected chi connectivity index (χ4v) is 3.31. The molecule has 1 unspecified atom stereocenters. The van der Waals surface area contributed by atoms with Crippen LogP contribution in [0.4, 0.5) is 5.69 Å². The number of carbonyl (C=O) groups is 1. The van der Waals surface area contributed by atoms with Gasteiger partial charge in [-0.3, -0.25) is 4.79 Å². The van der Waals surface area contributed by atoms with E-state index in [0.29, 0.717) is 0 Å². The van der Waals surface area contributed by atoms with Crippen LogP contribution in [-0.4, -0.2) is 30.0 Å². The Bertz CT molecular complexity index is 399. The van der Waals surface area contributed by atoms with Gasteiger partial charge >= 0.3 is 0 Å². The Morgan fingerprint density at radius 1 is 1.53 bits per heavy atom. The molecule has 17 heavy (non-hydrogen) atoms. The Morgan fingerprint density at radius 2 is 2.35 bits per heavy atom. The number of halogens is 1. The molecule has 0 aliphatic carbocycles. The van der Waals surface area contributed by atoms with E-state index in [0.717, 1.165) is 33.8 Å². The Kier molecular flexibility index (Phi) is 4.48. The van der Waals surface area contributed by atoms with Crippen molar-refractivity contribution in [1.82, 2.24) is 5.32 Å². The number of nitrogens with one attached hydrogen (secondary N) is 2. The van der Waals surface area contributed by atoms with Gasteiger partial charge in [0.15, 0.2) is 0 Å². The highest BCUT2D eigenvalue weighted by atomic mass is 79.9. The fourth-order valence-electron chi connectivity index (χ4n) is 1.77. The van der Waals surface area contributed by atoms with Gasteiger partial charge in [0.25, 0.3) is 0 Å². The van der Waals surface area contributed by atoms with Gasteiger partial charge in [0, 0.05) is 28.2 Å². The summed E-state index contributed by atoms with van der Waals surface area (Å²) in [5.74, 6) is 1.98. The number of aryl methyl sites for hydroxylation is 1. The molecule has 2 N–H and O–H groups in total. The van der Waals surface area contributed by atoms with Gasteiger partial charge in [-0.25, -0.2) is 0 Å². The molecule has 0 bridgehead atoms. The van der Waals surface area contributed by atoms with Crippen molar-refractivity contribution in [2.24, 2.45) is 0 Å². The topological polar surface area (TPSA) is 41.1 Å². The number of thioether (sulfide) groups is 1.